The van der Waals surface area contributed by atoms with Crippen LogP contribution in [0.3, 0.4) is 0 Å². The predicted octanol–water partition coefficient (Wildman–Crippen LogP) is 3.40. The number of rotatable bonds is 5. The van der Waals surface area contributed by atoms with Gasteiger partial charge in [-0.25, -0.2) is 0 Å². The lowest BCUT2D eigenvalue weighted by atomic mass is 10.2. The quantitative estimate of drug-likeness (QED) is 0.659. The van der Waals surface area contributed by atoms with Gasteiger partial charge in [0.05, 0.1) is 15.2 Å². The predicted molar refractivity (Wildman–Crippen MR) is 98.3 cm³/mol. The van der Waals surface area contributed by atoms with Crippen LogP contribution in [0.25, 0.3) is 10.6 Å². The highest BCUT2D eigenvalue weighted by Crippen LogP contribution is 2.25. The topological polar surface area (TPSA) is 84.0 Å². The number of amides is 2. The first-order valence-corrected chi connectivity index (χ1v) is 9.27. The van der Waals surface area contributed by atoms with Gasteiger partial charge in [-0.05, 0) is 28.1 Å². The van der Waals surface area contributed by atoms with Crippen molar-refractivity contribution in [1.82, 2.24) is 15.5 Å². The fourth-order valence-electron chi connectivity index (χ4n) is 1.82. The van der Waals surface area contributed by atoms with E-state index in [1.54, 1.807) is 12.1 Å². The molecule has 0 saturated carbocycles. The van der Waals surface area contributed by atoms with Crippen molar-refractivity contribution >= 4 is 55.5 Å². The number of anilines is 1. The standard InChI is InChI=1S/C15H11BrN4O2S2/c16-11-7-6-10(23-11)13(22)17-8-12(21)18-15-20-19-14(24-15)9-4-2-1-3-5-9/h1-7H,8H2,(H,17,22)(H,18,20,21). The lowest BCUT2D eigenvalue weighted by Gasteiger charge is -2.03. The Morgan fingerprint density at radius 2 is 1.83 bits per heavy atom. The van der Waals surface area contributed by atoms with E-state index in [0.29, 0.717) is 10.0 Å². The molecule has 1 aromatic carbocycles. The van der Waals surface area contributed by atoms with E-state index < -0.39 is 0 Å². The van der Waals surface area contributed by atoms with Gasteiger partial charge in [-0.2, -0.15) is 0 Å². The Bertz CT molecular complexity index is 863. The third-order valence-corrected chi connectivity index (χ3v) is 5.41. The first-order chi connectivity index (χ1) is 11.6. The fourth-order valence-corrected chi connectivity index (χ4v) is 3.89. The highest BCUT2D eigenvalue weighted by molar-refractivity contribution is 9.11. The zero-order chi connectivity index (χ0) is 16.9. The molecule has 0 bridgehead atoms. The maximum Gasteiger partial charge on any atom is 0.261 e. The molecule has 6 nitrogen and oxygen atoms in total. The van der Waals surface area contributed by atoms with Gasteiger partial charge in [-0.1, -0.05) is 41.7 Å². The summed E-state index contributed by atoms with van der Waals surface area (Å²) >= 11 is 5.87. The van der Waals surface area contributed by atoms with Crippen molar-refractivity contribution in [2.24, 2.45) is 0 Å². The Balaban J connectivity index is 1.54. The van der Waals surface area contributed by atoms with Crippen LogP contribution in [0.5, 0.6) is 0 Å². The summed E-state index contributed by atoms with van der Waals surface area (Å²) in [5.41, 5.74) is 0.937. The first-order valence-electron chi connectivity index (χ1n) is 6.84. The molecule has 122 valence electrons. The second-order valence-electron chi connectivity index (χ2n) is 4.61. The fraction of sp³-hybridized carbons (Fsp3) is 0.0667. The Kier molecular flexibility index (Phi) is 5.34. The molecule has 3 aromatic rings. The van der Waals surface area contributed by atoms with Crippen LogP contribution in [0.1, 0.15) is 9.67 Å². The second kappa shape index (κ2) is 7.65. The number of hydrogen-bond donors (Lipinski definition) is 2. The highest BCUT2D eigenvalue weighted by Gasteiger charge is 2.12. The number of thiophene rings is 1. The van der Waals surface area contributed by atoms with E-state index in [-0.39, 0.29) is 18.4 Å². The smallest absolute Gasteiger partial charge is 0.261 e. The van der Waals surface area contributed by atoms with Crippen LogP contribution in [0.2, 0.25) is 0 Å². The first kappa shape index (κ1) is 16.7. The minimum Gasteiger partial charge on any atom is -0.342 e. The Morgan fingerprint density at radius 3 is 2.54 bits per heavy atom. The van der Waals surface area contributed by atoms with Gasteiger partial charge in [-0.15, -0.1) is 21.5 Å². The van der Waals surface area contributed by atoms with Crippen LogP contribution in [0.4, 0.5) is 5.13 Å². The number of benzene rings is 1. The Hall–Kier alpha value is -2.10. The summed E-state index contributed by atoms with van der Waals surface area (Å²) in [5.74, 6) is -0.641. The molecule has 0 aliphatic rings. The summed E-state index contributed by atoms with van der Waals surface area (Å²) in [6.45, 7) is -0.130. The minimum absolute atomic E-state index is 0.130. The minimum atomic E-state index is -0.352. The number of aromatic nitrogens is 2. The maximum absolute atomic E-state index is 11.9. The zero-order valence-corrected chi connectivity index (χ0v) is 15.4. The number of carbonyl (C=O) groups is 2. The molecule has 0 spiro atoms. The van der Waals surface area contributed by atoms with Crippen molar-refractivity contribution in [2.45, 2.75) is 0 Å². The van der Waals surface area contributed by atoms with E-state index in [0.717, 1.165) is 14.4 Å². The summed E-state index contributed by atoms with van der Waals surface area (Å²) in [6, 6.07) is 13.1. The molecule has 2 heterocycles. The number of hydrogen-bond acceptors (Lipinski definition) is 6. The van der Waals surface area contributed by atoms with Crippen LogP contribution in [0, 0.1) is 0 Å². The molecule has 0 atom stereocenters. The van der Waals surface area contributed by atoms with E-state index in [1.807, 2.05) is 30.3 Å². The molecular formula is C15H11BrN4O2S2. The molecule has 24 heavy (non-hydrogen) atoms. The molecule has 0 aliphatic heterocycles. The lowest BCUT2D eigenvalue weighted by Crippen LogP contribution is -2.32. The maximum atomic E-state index is 11.9. The van der Waals surface area contributed by atoms with Crippen LogP contribution in [-0.2, 0) is 4.79 Å². The van der Waals surface area contributed by atoms with Crippen molar-refractivity contribution in [1.29, 1.82) is 0 Å². The normalized spacial score (nSPS) is 10.4. The van der Waals surface area contributed by atoms with Gasteiger partial charge in [0.25, 0.3) is 5.91 Å². The number of nitrogens with zero attached hydrogens (tertiary/aromatic N) is 2. The highest BCUT2D eigenvalue weighted by atomic mass is 79.9. The van der Waals surface area contributed by atoms with Gasteiger partial charge in [0.1, 0.15) is 5.01 Å². The lowest BCUT2D eigenvalue weighted by molar-refractivity contribution is -0.115. The van der Waals surface area contributed by atoms with Gasteiger partial charge in [-0.3, -0.25) is 14.9 Å². The molecule has 2 N–H and O–H groups in total. The van der Waals surface area contributed by atoms with Crippen molar-refractivity contribution in [3.63, 3.8) is 0 Å². The van der Waals surface area contributed by atoms with E-state index in [4.69, 9.17) is 0 Å². The summed E-state index contributed by atoms with van der Waals surface area (Å²) in [7, 11) is 0. The molecule has 2 aromatic heterocycles. The molecule has 9 heteroatoms. The van der Waals surface area contributed by atoms with E-state index in [2.05, 4.69) is 36.8 Å². The van der Waals surface area contributed by atoms with Gasteiger partial charge in [0.15, 0.2) is 0 Å². The van der Waals surface area contributed by atoms with Gasteiger partial charge < -0.3 is 5.32 Å². The van der Waals surface area contributed by atoms with Crippen molar-refractivity contribution < 1.29 is 9.59 Å². The molecule has 0 unspecified atom stereocenters. The average molecular weight is 423 g/mol. The molecule has 0 aliphatic carbocycles. The largest absolute Gasteiger partial charge is 0.342 e. The summed E-state index contributed by atoms with van der Waals surface area (Å²) < 4.78 is 0.861. The van der Waals surface area contributed by atoms with E-state index in [9.17, 15) is 9.59 Å². The van der Waals surface area contributed by atoms with Gasteiger partial charge in [0, 0.05) is 5.56 Å². The van der Waals surface area contributed by atoms with Crippen LogP contribution in [-0.4, -0.2) is 28.6 Å². The summed E-state index contributed by atoms with van der Waals surface area (Å²) in [6.07, 6.45) is 0. The van der Waals surface area contributed by atoms with Gasteiger partial charge >= 0.3 is 0 Å². The average Bonchev–Trinajstić information content (AvgIpc) is 3.23. The third kappa shape index (κ3) is 4.25. The van der Waals surface area contributed by atoms with Crippen LogP contribution >= 0.6 is 38.6 Å². The summed E-state index contributed by atoms with van der Waals surface area (Å²) in [5, 5.41) is 14.3. The zero-order valence-electron chi connectivity index (χ0n) is 12.2. The number of carbonyl (C=O) groups excluding carboxylic acids is 2. The van der Waals surface area contributed by atoms with Crippen LogP contribution in [0.15, 0.2) is 46.3 Å². The molecular weight excluding hydrogens is 412 g/mol. The molecule has 0 saturated heterocycles. The van der Waals surface area contributed by atoms with Crippen molar-refractivity contribution in [3.8, 4) is 10.6 Å². The second-order valence-corrected chi connectivity index (χ2v) is 8.05. The Morgan fingerprint density at radius 1 is 1.04 bits per heavy atom. The SMILES string of the molecule is O=C(CNC(=O)c1ccc(Br)s1)Nc1nnc(-c2ccccc2)s1. The van der Waals surface area contributed by atoms with Crippen molar-refractivity contribution in [3.05, 3.63) is 51.1 Å². The molecule has 0 fully saturated rings. The molecule has 0 radical (unpaired) electrons. The summed E-state index contributed by atoms with van der Waals surface area (Å²) in [4.78, 5) is 24.3. The van der Waals surface area contributed by atoms with Crippen LogP contribution < -0.4 is 10.6 Å². The molecule has 3 rings (SSSR count). The van der Waals surface area contributed by atoms with Crippen molar-refractivity contribution in [2.75, 3.05) is 11.9 Å². The van der Waals surface area contributed by atoms with E-state index >= 15 is 0 Å². The number of halogens is 1. The Labute approximate surface area is 154 Å². The third-order valence-electron chi connectivity index (χ3n) is 2.90. The van der Waals surface area contributed by atoms with Gasteiger partial charge in [0.2, 0.25) is 11.0 Å². The number of nitrogens with one attached hydrogen (secondary N) is 2. The molecule has 2 amide bonds. The van der Waals surface area contributed by atoms with E-state index in [1.165, 1.54) is 22.7 Å². The monoisotopic (exact) mass is 422 g/mol.